The Hall–Kier alpha value is -6.50. The van der Waals surface area contributed by atoms with Crippen molar-refractivity contribution in [3.63, 3.8) is 0 Å². The van der Waals surface area contributed by atoms with Crippen LogP contribution in [0.1, 0.15) is 122 Å². The van der Waals surface area contributed by atoms with Gasteiger partial charge in [0.15, 0.2) is 10.2 Å². The van der Waals surface area contributed by atoms with Crippen molar-refractivity contribution in [1.29, 1.82) is 0 Å². The van der Waals surface area contributed by atoms with Crippen molar-refractivity contribution in [2.24, 2.45) is 0 Å². The molecule has 0 radical (unpaired) electrons. The zero-order valence-electron chi connectivity index (χ0n) is 42.4. The van der Waals surface area contributed by atoms with Gasteiger partial charge in [-0.1, -0.05) is 104 Å². The maximum atomic E-state index is 13.4. The quantitative estimate of drug-likeness (QED) is 0.0341. The average molecular weight is 993 g/mol. The molecule has 0 aromatic heterocycles. The van der Waals surface area contributed by atoms with Gasteiger partial charge in [0, 0.05) is 81.4 Å². The first-order valence-corrected chi connectivity index (χ1v) is 25.8. The number of benzene rings is 6. The molecule has 0 aliphatic rings. The van der Waals surface area contributed by atoms with E-state index >= 15 is 0 Å². The van der Waals surface area contributed by atoms with Crippen molar-refractivity contribution in [3.05, 3.63) is 155 Å². The van der Waals surface area contributed by atoms with Crippen LogP contribution >= 0.6 is 23.5 Å². The molecule has 6 aromatic rings. The Morgan fingerprint density at radius 1 is 0.479 bits per heavy atom. The monoisotopic (exact) mass is 992 g/mol. The zero-order valence-corrected chi connectivity index (χ0v) is 44.1. The van der Waals surface area contributed by atoms with E-state index in [1.807, 2.05) is 125 Å². The van der Waals surface area contributed by atoms with Crippen LogP contribution in [0, 0.1) is 6.92 Å². The molecule has 0 fully saturated rings. The number of anilines is 6. The summed E-state index contributed by atoms with van der Waals surface area (Å²) in [5.41, 5.74) is 8.06. The third-order valence-electron chi connectivity index (χ3n) is 12.0. The first-order chi connectivity index (χ1) is 33.5. The second-order valence-electron chi connectivity index (χ2n) is 20.8. The fourth-order valence-electron chi connectivity index (χ4n) is 8.22. The molecule has 6 rings (SSSR count). The third-order valence-corrected chi connectivity index (χ3v) is 13.8. The molecule has 10 nitrogen and oxygen atoms in total. The third kappa shape index (κ3) is 16.0. The number of hydrogen-bond donors (Lipinski definition) is 6. The summed E-state index contributed by atoms with van der Waals surface area (Å²) in [6.07, 6.45) is 2.44. The van der Waals surface area contributed by atoms with Gasteiger partial charge in [-0.3, -0.25) is 19.2 Å². The topological polar surface area (TPSA) is 157 Å². The number of rotatable bonds is 19. The van der Waals surface area contributed by atoms with Gasteiger partial charge in [-0.25, -0.2) is 0 Å². The Morgan fingerprint density at radius 2 is 0.972 bits per heavy atom. The second-order valence-corrected chi connectivity index (χ2v) is 23.0. The number of phenols is 2. The number of aryl methyl sites for hydroxylation is 1. The summed E-state index contributed by atoms with van der Waals surface area (Å²) in [5.74, 6) is -0.0306. The molecule has 0 aliphatic carbocycles. The highest BCUT2D eigenvalue weighted by Gasteiger charge is 2.31. The van der Waals surface area contributed by atoms with E-state index in [9.17, 15) is 29.4 Å². The van der Waals surface area contributed by atoms with Crippen LogP contribution in [0.3, 0.4) is 0 Å². The molecule has 71 heavy (non-hydrogen) atoms. The number of amides is 2. The van der Waals surface area contributed by atoms with Crippen LogP contribution < -0.4 is 21.3 Å². The number of para-hydroxylation sites is 1. The van der Waals surface area contributed by atoms with E-state index in [1.54, 1.807) is 18.2 Å². The highest BCUT2D eigenvalue weighted by molar-refractivity contribution is 8.14. The SMILES string of the molecule is Cc1cc(SC(=O)CCC(=O)Nc2ccc(Nc3cccc(CC(C)(C)c4cc(SC(=O)CCCCC(=O)Nc5ccc(Nc6ccccc6)cc5)cc(C(C)(C)C)c4O)c3)cc2)c(O)c(C(C)(C)C)c1. The number of hydrogen-bond acceptors (Lipinski definition) is 10. The lowest BCUT2D eigenvalue weighted by molar-refractivity contribution is -0.119. The standard InChI is InChI=1S/C59H68N4O6S2/c1-38-32-47(57(2,3)4)56(69)50(33-38)71-54(67)31-30-52(65)63-44-28-24-42(25-29-44)61-45-19-15-16-39(34-45)37-59(8,9)49-36-46(35-48(55(49)68)58(5,6)7)70-53(66)21-14-13-20-51(64)62-43-26-22-41(23-27-43)60-40-17-11-10-12-18-40/h10-12,15-19,22-29,32-36,60-61,68-69H,13-14,20-21,30-31,37H2,1-9H3,(H,62,64)(H,63,65). The molecule has 0 saturated heterocycles. The van der Waals surface area contributed by atoms with Gasteiger partial charge in [-0.05, 0) is 156 Å². The lowest BCUT2D eigenvalue weighted by atomic mass is 9.75. The lowest BCUT2D eigenvalue weighted by Gasteiger charge is -2.31. The average Bonchev–Trinajstić information content (AvgIpc) is 3.29. The van der Waals surface area contributed by atoms with Gasteiger partial charge in [0.2, 0.25) is 11.8 Å². The van der Waals surface area contributed by atoms with Gasteiger partial charge >= 0.3 is 0 Å². The van der Waals surface area contributed by atoms with Crippen molar-refractivity contribution in [1.82, 2.24) is 0 Å². The van der Waals surface area contributed by atoms with E-state index in [4.69, 9.17) is 0 Å². The van der Waals surface area contributed by atoms with Gasteiger partial charge < -0.3 is 31.5 Å². The van der Waals surface area contributed by atoms with Gasteiger partial charge in [-0.2, -0.15) is 0 Å². The largest absolute Gasteiger partial charge is 0.507 e. The van der Waals surface area contributed by atoms with E-state index in [0.29, 0.717) is 48.4 Å². The molecule has 0 bridgehead atoms. The fourth-order valence-corrected chi connectivity index (χ4v) is 9.98. The van der Waals surface area contributed by atoms with E-state index < -0.39 is 5.41 Å². The highest BCUT2D eigenvalue weighted by Crippen LogP contribution is 2.44. The second kappa shape index (κ2) is 23.6. The van der Waals surface area contributed by atoms with Crippen LogP contribution in [0.4, 0.5) is 34.1 Å². The molecule has 0 heterocycles. The molecule has 0 unspecified atom stereocenters. The van der Waals surface area contributed by atoms with Gasteiger partial charge in [0.1, 0.15) is 11.5 Å². The van der Waals surface area contributed by atoms with Gasteiger partial charge in [-0.15, -0.1) is 0 Å². The number of carbonyl (C=O) groups excluding carboxylic acids is 4. The van der Waals surface area contributed by atoms with Crippen LogP contribution in [-0.2, 0) is 41.8 Å². The molecule has 6 aromatic carbocycles. The van der Waals surface area contributed by atoms with Crippen LogP contribution in [0.5, 0.6) is 11.5 Å². The summed E-state index contributed by atoms with van der Waals surface area (Å²) in [4.78, 5) is 53.0. The predicted molar refractivity (Wildman–Crippen MR) is 294 cm³/mol. The normalized spacial score (nSPS) is 11.7. The number of thioether (sulfide) groups is 2. The number of phenolic OH excluding ortho intramolecular Hbond substituents is 2. The van der Waals surface area contributed by atoms with Crippen molar-refractivity contribution >= 4 is 79.7 Å². The minimum absolute atomic E-state index is 0.00737. The molecule has 0 saturated carbocycles. The molecule has 12 heteroatoms. The summed E-state index contributed by atoms with van der Waals surface area (Å²) >= 11 is 2.15. The maximum absolute atomic E-state index is 13.4. The van der Waals surface area contributed by atoms with Crippen molar-refractivity contribution in [2.45, 2.75) is 133 Å². The molecule has 0 aliphatic heterocycles. The molecule has 0 atom stereocenters. The summed E-state index contributed by atoms with van der Waals surface area (Å²) in [5, 5.41) is 35.1. The van der Waals surface area contributed by atoms with Crippen LogP contribution in [0.15, 0.2) is 137 Å². The highest BCUT2D eigenvalue weighted by atomic mass is 32.2. The number of unbranched alkanes of at least 4 members (excludes halogenated alkanes) is 1. The predicted octanol–water partition coefficient (Wildman–Crippen LogP) is 14.9. The first kappa shape index (κ1) is 53.8. The fraction of sp³-hybridized carbons (Fsp3) is 0.322. The summed E-state index contributed by atoms with van der Waals surface area (Å²) in [6, 6.07) is 40.5. The van der Waals surface area contributed by atoms with Gasteiger partial charge in [0.05, 0.1) is 4.90 Å². The minimum Gasteiger partial charge on any atom is -0.507 e. The molecule has 0 spiro atoms. The first-order valence-electron chi connectivity index (χ1n) is 24.1. The lowest BCUT2D eigenvalue weighted by Crippen LogP contribution is -2.23. The van der Waals surface area contributed by atoms with E-state index in [0.717, 1.165) is 67.2 Å². The molecular weight excluding hydrogens is 925 g/mol. The summed E-state index contributed by atoms with van der Waals surface area (Å²) in [7, 11) is 0. The van der Waals surface area contributed by atoms with E-state index in [2.05, 4.69) is 68.0 Å². The van der Waals surface area contributed by atoms with E-state index in [1.165, 1.54) is 11.8 Å². The minimum atomic E-state index is -0.518. The molecule has 372 valence electrons. The molecule has 6 N–H and O–H groups in total. The van der Waals surface area contributed by atoms with Gasteiger partial charge in [0.25, 0.3) is 0 Å². The maximum Gasteiger partial charge on any atom is 0.224 e. The smallest absolute Gasteiger partial charge is 0.224 e. The Balaban J connectivity index is 0.993. The Bertz CT molecular complexity index is 2830. The van der Waals surface area contributed by atoms with Crippen LogP contribution in [0.25, 0.3) is 0 Å². The number of nitrogens with one attached hydrogen (secondary N) is 4. The van der Waals surface area contributed by atoms with Crippen LogP contribution in [0.2, 0.25) is 0 Å². The number of aromatic hydroxyl groups is 2. The van der Waals surface area contributed by atoms with E-state index in [-0.39, 0.29) is 57.2 Å². The molecule has 2 amide bonds. The summed E-state index contributed by atoms with van der Waals surface area (Å²) in [6.45, 7) is 18.3. The zero-order chi connectivity index (χ0) is 51.5. The Kier molecular flexibility index (Phi) is 17.9. The van der Waals surface area contributed by atoms with Crippen molar-refractivity contribution < 1.29 is 29.4 Å². The van der Waals surface area contributed by atoms with Crippen molar-refractivity contribution in [3.8, 4) is 11.5 Å². The molecular formula is C59H68N4O6S2. The number of carbonyl (C=O) groups is 4. The Labute approximate surface area is 428 Å². The summed E-state index contributed by atoms with van der Waals surface area (Å²) < 4.78 is 0. The van der Waals surface area contributed by atoms with Crippen molar-refractivity contribution in [2.75, 3.05) is 21.3 Å². The van der Waals surface area contributed by atoms with Crippen LogP contribution in [-0.4, -0.2) is 32.3 Å². The Morgan fingerprint density at radius 3 is 1.58 bits per heavy atom.